The molecule has 0 saturated carbocycles. The summed E-state index contributed by atoms with van der Waals surface area (Å²) >= 11 is 0. The lowest BCUT2D eigenvalue weighted by Gasteiger charge is -2.34. The van der Waals surface area contributed by atoms with E-state index in [0.717, 1.165) is 47.8 Å². The van der Waals surface area contributed by atoms with Crippen LogP contribution in [0.25, 0.3) is 0 Å². The number of fused-ring (bicyclic) bond motifs is 4. The summed E-state index contributed by atoms with van der Waals surface area (Å²) in [6.45, 7) is 7.42. The maximum absolute atomic E-state index is 13.5. The molecule has 0 aromatic heterocycles. The molecule has 2 aliphatic heterocycles. The number of nitrogens with one attached hydrogen (secondary N) is 3. The topological polar surface area (TPSA) is 117 Å². The molecule has 41 heavy (non-hydrogen) atoms. The number of hydrogen-bond acceptors (Lipinski definition) is 5. The highest BCUT2D eigenvalue weighted by Crippen LogP contribution is 2.23. The molecular formula is C32H40N4O5. The van der Waals surface area contributed by atoms with Crippen LogP contribution < -0.4 is 20.7 Å². The van der Waals surface area contributed by atoms with Gasteiger partial charge >= 0.3 is 0 Å². The minimum absolute atomic E-state index is 0.203. The van der Waals surface area contributed by atoms with Crippen LogP contribution in [-0.4, -0.2) is 60.3 Å². The van der Waals surface area contributed by atoms with E-state index in [0.29, 0.717) is 32.5 Å². The molecular weight excluding hydrogens is 520 g/mol. The number of piperidine rings is 1. The molecule has 1 fully saturated rings. The van der Waals surface area contributed by atoms with Gasteiger partial charge in [-0.3, -0.25) is 19.2 Å². The molecule has 4 amide bonds. The number of rotatable bonds is 5. The second-order valence-electron chi connectivity index (χ2n) is 10.8. The molecule has 2 aliphatic rings. The smallest absolute Gasteiger partial charge is 0.244 e. The summed E-state index contributed by atoms with van der Waals surface area (Å²) in [7, 11) is 0. The largest absolute Gasteiger partial charge is 0.494 e. The summed E-state index contributed by atoms with van der Waals surface area (Å²) in [4.78, 5) is 54.2. The van der Waals surface area contributed by atoms with Crippen molar-refractivity contribution in [1.82, 2.24) is 20.9 Å². The molecule has 2 aromatic carbocycles. The monoisotopic (exact) mass is 560 g/mol. The number of aryl methyl sites for hydroxylation is 2. The predicted octanol–water partition coefficient (Wildman–Crippen LogP) is 2.81. The summed E-state index contributed by atoms with van der Waals surface area (Å²) in [5.74, 6) is -0.681. The zero-order valence-corrected chi connectivity index (χ0v) is 23.7. The van der Waals surface area contributed by atoms with Crippen molar-refractivity contribution in [3.63, 3.8) is 0 Å². The predicted molar refractivity (Wildman–Crippen MR) is 156 cm³/mol. The van der Waals surface area contributed by atoms with Crippen molar-refractivity contribution < 1.29 is 23.9 Å². The summed E-state index contributed by atoms with van der Waals surface area (Å²) in [5.41, 5.74) is 2.97. The van der Waals surface area contributed by atoms with E-state index in [-0.39, 0.29) is 30.7 Å². The van der Waals surface area contributed by atoms with Crippen LogP contribution in [0.4, 0.5) is 0 Å². The summed E-state index contributed by atoms with van der Waals surface area (Å²) in [6.07, 6.45) is 4.42. The Morgan fingerprint density at radius 2 is 1.93 bits per heavy atom. The second-order valence-corrected chi connectivity index (χ2v) is 10.8. The maximum Gasteiger partial charge on any atom is 0.244 e. The van der Waals surface area contributed by atoms with Gasteiger partial charge in [0.25, 0.3) is 0 Å². The van der Waals surface area contributed by atoms with Gasteiger partial charge in [0.1, 0.15) is 17.8 Å². The molecule has 4 rings (SSSR count). The lowest BCUT2D eigenvalue weighted by Crippen LogP contribution is -2.55. The fourth-order valence-corrected chi connectivity index (χ4v) is 5.34. The SMILES string of the molecule is C=CC(=O)N[C@H]1CC(=O)N2CCCC(CCOc3ccc(C)c(c3)CNC(=O)[C@H](CCc3ccccc3)NC1=O)C2. The molecule has 9 heteroatoms. The minimum Gasteiger partial charge on any atom is -0.494 e. The van der Waals surface area contributed by atoms with E-state index in [4.69, 9.17) is 4.74 Å². The van der Waals surface area contributed by atoms with Gasteiger partial charge in [-0.1, -0.05) is 43.0 Å². The third-order valence-corrected chi connectivity index (χ3v) is 7.83. The molecule has 218 valence electrons. The van der Waals surface area contributed by atoms with Crippen LogP contribution in [-0.2, 0) is 32.1 Å². The molecule has 1 unspecified atom stereocenters. The van der Waals surface area contributed by atoms with Crippen molar-refractivity contribution >= 4 is 23.6 Å². The number of benzene rings is 2. The molecule has 2 aromatic rings. The average molecular weight is 561 g/mol. The van der Waals surface area contributed by atoms with E-state index in [1.54, 1.807) is 4.90 Å². The fourth-order valence-electron chi connectivity index (χ4n) is 5.34. The Morgan fingerprint density at radius 3 is 2.71 bits per heavy atom. The van der Waals surface area contributed by atoms with Gasteiger partial charge < -0.3 is 25.6 Å². The van der Waals surface area contributed by atoms with Crippen molar-refractivity contribution in [2.75, 3.05) is 19.7 Å². The zero-order chi connectivity index (χ0) is 29.2. The maximum atomic E-state index is 13.5. The lowest BCUT2D eigenvalue weighted by molar-refractivity contribution is -0.137. The van der Waals surface area contributed by atoms with Crippen LogP contribution in [0.5, 0.6) is 5.75 Å². The normalized spacial score (nSPS) is 22.3. The van der Waals surface area contributed by atoms with Crippen LogP contribution in [0.2, 0.25) is 0 Å². The average Bonchev–Trinajstić information content (AvgIpc) is 2.98. The van der Waals surface area contributed by atoms with Gasteiger partial charge in [-0.2, -0.15) is 0 Å². The van der Waals surface area contributed by atoms with Gasteiger partial charge in [-0.05, 0) is 79.8 Å². The molecule has 4 bridgehead atoms. The van der Waals surface area contributed by atoms with Gasteiger partial charge in [-0.25, -0.2) is 0 Å². The van der Waals surface area contributed by atoms with Crippen LogP contribution in [0.15, 0.2) is 61.2 Å². The Labute approximate surface area is 241 Å². The van der Waals surface area contributed by atoms with Crippen molar-refractivity contribution in [3.8, 4) is 5.75 Å². The lowest BCUT2D eigenvalue weighted by atomic mass is 9.94. The first-order valence-corrected chi connectivity index (χ1v) is 14.4. The molecule has 9 nitrogen and oxygen atoms in total. The number of nitrogens with zero attached hydrogens (tertiary/aromatic N) is 1. The van der Waals surface area contributed by atoms with E-state index in [1.165, 1.54) is 0 Å². The quantitative estimate of drug-likeness (QED) is 0.487. The highest BCUT2D eigenvalue weighted by atomic mass is 16.5. The molecule has 1 saturated heterocycles. The standard InChI is InChI=1S/C32H40N4O5/c1-3-29(37)34-28-19-30(38)36-16-7-10-24(21-36)15-17-41-26-13-11-22(2)25(18-26)20-33-31(39)27(35-32(28)40)14-12-23-8-5-4-6-9-23/h3-6,8-9,11,13,18,24,27-28H,1,7,10,12,14-17,19-21H2,2H3,(H,33,39)(H,34,37)(H,35,40)/t24?,27-,28-/m0/s1. The third kappa shape index (κ3) is 8.67. The fraction of sp³-hybridized carbons (Fsp3) is 0.438. The van der Waals surface area contributed by atoms with Crippen LogP contribution >= 0.6 is 0 Å². The summed E-state index contributed by atoms with van der Waals surface area (Å²) in [6, 6.07) is 13.5. The highest BCUT2D eigenvalue weighted by Gasteiger charge is 2.31. The molecule has 0 spiro atoms. The molecule has 3 atom stereocenters. The van der Waals surface area contributed by atoms with Crippen molar-refractivity contribution in [3.05, 3.63) is 77.9 Å². The van der Waals surface area contributed by atoms with Crippen LogP contribution in [0, 0.1) is 12.8 Å². The summed E-state index contributed by atoms with van der Waals surface area (Å²) in [5, 5.41) is 8.38. The van der Waals surface area contributed by atoms with Crippen LogP contribution in [0.3, 0.4) is 0 Å². The molecule has 0 aliphatic carbocycles. The third-order valence-electron chi connectivity index (χ3n) is 7.83. The highest BCUT2D eigenvalue weighted by molar-refractivity contribution is 5.97. The van der Waals surface area contributed by atoms with Crippen LogP contribution in [0.1, 0.15) is 48.8 Å². The first kappa shape index (κ1) is 29.8. The molecule has 3 N–H and O–H groups in total. The van der Waals surface area contributed by atoms with Gasteiger partial charge in [0, 0.05) is 19.6 Å². The van der Waals surface area contributed by atoms with E-state index in [9.17, 15) is 19.2 Å². The van der Waals surface area contributed by atoms with E-state index >= 15 is 0 Å². The second kappa shape index (κ2) is 14.5. The van der Waals surface area contributed by atoms with E-state index < -0.39 is 23.9 Å². The Bertz CT molecular complexity index is 1250. The Kier molecular flexibility index (Phi) is 10.5. The number of ether oxygens (including phenoxy) is 1. The first-order valence-electron chi connectivity index (χ1n) is 14.4. The van der Waals surface area contributed by atoms with Crippen molar-refractivity contribution in [2.45, 2.75) is 64.1 Å². The molecule has 2 heterocycles. The number of hydrogen-bond donors (Lipinski definition) is 3. The van der Waals surface area contributed by atoms with Crippen molar-refractivity contribution in [2.24, 2.45) is 5.92 Å². The van der Waals surface area contributed by atoms with Gasteiger partial charge in [0.2, 0.25) is 23.6 Å². The van der Waals surface area contributed by atoms with E-state index in [2.05, 4.69) is 22.5 Å². The number of carbonyl (C=O) groups is 4. The number of carbonyl (C=O) groups excluding carboxylic acids is 4. The summed E-state index contributed by atoms with van der Waals surface area (Å²) < 4.78 is 6.06. The Morgan fingerprint density at radius 1 is 1.12 bits per heavy atom. The zero-order valence-electron chi connectivity index (χ0n) is 23.7. The number of amides is 4. The van der Waals surface area contributed by atoms with E-state index in [1.807, 2.05) is 55.5 Å². The van der Waals surface area contributed by atoms with Gasteiger partial charge in [0.05, 0.1) is 13.0 Å². The van der Waals surface area contributed by atoms with Gasteiger partial charge in [0.15, 0.2) is 0 Å². The van der Waals surface area contributed by atoms with Crippen molar-refractivity contribution in [1.29, 1.82) is 0 Å². The van der Waals surface area contributed by atoms with Gasteiger partial charge in [-0.15, -0.1) is 0 Å². The Hall–Kier alpha value is -4.14. The Balaban J connectivity index is 1.60. The minimum atomic E-state index is -1.14. The molecule has 0 radical (unpaired) electrons. The first-order chi connectivity index (χ1) is 19.8.